The highest BCUT2D eigenvalue weighted by molar-refractivity contribution is 6.31. The predicted octanol–water partition coefficient (Wildman–Crippen LogP) is 3.69. The molecule has 0 unspecified atom stereocenters. The molecule has 3 rings (SSSR count). The molecule has 0 N–H and O–H groups in total. The van der Waals surface area contributed by atoms with Gasteiger partial charge in [0, 0.05) is 28.4 Å². The summed E-state index contributed by atoms with van der Waals surface area (Å²) in [6.45, 7) is 0.431. The van der Waals surface area contributed by atoms with Crippen molar-refractivity contribution in [2.45, 2.75) is 6.54 Å². The molecule has 0 radical (unpaired) electrons. The van der Waals surface area contributed by atoms with Crippen molar-refractivity contribution in [3.63, 3.8) is 0 Å². The second kappa shape index (κ2) is 5.06. The molecule has 0 aliphatic heterocycles. The lowest BCUT2D eigenvalue weighted by Crippen LogP contribution is -2.00. The van der Waals surface area contributed by atoms with Gasteiger partial charge in [0.05, 0.1) is 6.54 Å². The van der Waals surface area contributed by atoms with Gasteiger partial charge in [0.25, 0.3) is 0 Å². The van der Waals surface area contributed by atoms with Crippen molar-refractivity contribution in [1.82, 2.24) is 9.55 Å². The Bertz CT molecular complexity index is 798. The third-order valence-corrected chi connectivity index (χ3v) is 3.50. The van der Waals surface area contributed by atoms with Gasteiger partial charge in [-0.15, -0.1) is 0 Å². The zero-order valence-corrected chi connectivity index (χ0v) is 11.1. The maximum atomic E-state index is 13.0. The van der Waals surface area contributed by atoms with Crippen LogP contribution in [0.3, 0.4) is 0 Å². The second-order valence-electron chi connectivity index (χ2n) is 4.44. The number of halogens is 2. The Morgan fingerprint density at radius 3 is 2.95 bits per heavy atom. The average Bonchev–Trinajstić information content (AvgIpc) is 2.80. The molecule has 0 spiro atoms. The van der Waals surface area contributed by atoms with Gasteiger partial charge < -0.3 is 4.57 Å². The number of aldehydes is 1. The SMILES string of the molecule is O=Cc1cn(Cc2ccc(F)cc2Cl)c2ncccc12. The molecule has 0 atom stereocenters. The predicted molar refractivity (Wildman–Crippen MR) is 75.6 cm³/mol. The molecule has 5 heteroatoms. The normalized spacial score (nSPS) is 10.9. The van der Waals surface area contributed by atoms with Crippen molar-refractivity contribution >= 4 is 28.9 Å². The van der Waals surface area contributed by atoms with Crippen molar-refractivity contribution < 1.29 is 9.18 Å². The molecule has 2 heterocycles. The van der Waals surface area contributed by atoms with E-state index >= 15 is 0 Å². The fourth-order valence-corrected chi connectivity index (χ4v) is 2.42. The zero-order valence-electron chi connectivity index (χ0n) is 10.4. The molecule has 3 nitrogen and oxygen atoms in total. The van der Waals surface area contributed by atoms with E-state index in [0.717, 1.165) is 17.2 Å². The van der Waals surface area contributed by atoms with Crippen LogP contribution in [0.15, 0.2) is 42.7 Å². The first-order valence-corrected chi connectivity index (χ1v) is 6.40. The highest BCUT2D eigenvalue weighted by atomic mass is 35.5. The van der Waals surface area contributed by atoms with Gasteiger partial charge in [0.2, 0.25) is 0 Å². The first-order chi connectivity index (χ1) is 9.69. The topological polar surface area (TPSA) is 34.9 Å². The molecular weight excluding hydrogens is 279 g/mol. The highest BCUT2D eigenvalue weighted by Crippen LogP contribution is 2.22. The van der Waals surface area contributed by atoms with Crippen LogP contribution in [0, 0.1) is 5.82 Å². The second-order valence-corrected chi connectivity index (χ2v) is 4.85. The number of carbonyl (C=O) groups excluding carboxylic acids is 1. The van der Waals surface area contributed by atoms with Gasteiger partial charge in [-0.2, -0.15) is 0 Å². The number of hydrogen-bond acceptors (Lipinski definition) is 2. The first kappa shape index (κ1) is 12.8. The number of aromatic nitrogens is 2. The Morgan fingerprint density at radius 2 is 2.20 bits per heavy atom. The molecule has 3 aromatic rings. The van der Waals surface area contributed by atoms with Crippen LogP contribution >= 0.6 is 11.6 Å². The molecule has 2 aromatic heterocycles. The molecule has 0 aliphatic carbocycles. The van der Waals surface area contributed by atoms with Gasteiger partial charge in [-0.05, 0) is 29.8 Å². The van der Waals surface area contributed by atoms with Crippen molar-refractivity contribution in [3.05, 3.63) is 64.7 Å². The number of pyridine rings is 1. The maximum absolute atomic E-state index is 13.0. The van der Waals surface area contributed by atoms with Gasteiger partial charge in [-0.3, -0.25) is 4.79 Å². The van der Waals surface area contributed by atoms with E-state index in [0.29, 0.717) is 22.8 Å². The lowest BCUT2D eigenvalue weighted by Gasteiger charge is -2.07. The monoisotopic (exact) mass is 288 g/mol. The quantitative estimate of drug-likeness (QED) is 0.689. The standard InChI is InChI=1S/C15H10ClFN2O/c16-14-6-12(17)4-3-10(14)7-19-8-11(9-20)13-2-1-5-18-15(13)19/h1-6,8-9H,7H2. The van der Waals surface area contributed by atoms with E-state index in [1.54, 1.807) is 24.5 Å². The van der Waals surface area contributed by atoms with Crippen molar-refractivity contribution in [2.75, 3.05) is 0 Å². The largest absolute Gasteiger partial charge is 0.327 e. The average molecular weight is 289 g/mol. The number of benzene rings is 1. The summed E-state index contributed by atoms with van der Waals surface area (Å²) in [5, 5.41) is 1.15. The van der Waals surface area contributed by atoms with E-state index in [1.165, 1.54) is 12.1 Å². The van der Waals surface area contributed by atoms with E-state index in [2.05, 4.69) is 4.98 Å². The molecule has 0 bridgehead atoms. The fraction of sp³-hybridized carbons (Fsp3) is 0.0667. The molecule has 0 saturated heterocycles. The smallest absolute Gasteiger partial charge is 0.152 e. The van der Waals surface area contributed by atoms with Crippen LogP contribution in [0.5, 0.6) is 0 Å². The van der Waals surface area contributed by atoms with Crippen LogP contribution in [0.2, 0.25) is 5.02 Å². The Balaban J connectivity index is 2.09. The molecule has 0 saturated carbocycles. The van der Waals surface area contributed by atoms with E-state index in [4.69, 9.17) is 11.6 Å². The minimum Gasteiger partial charge on any atom is -0.327 e. The molecule has 0 aliphatic rings. The van der Waals surface area contributed by atoms with Gasteiger partial charge in [0.1, 0.15) is 11.5 Å². The number of hydrogen-bond donors (Lipinski definition) is 0. The van der Waals surface area contributed by atoms with E-state index in [9.17, 15) is 9.18 Å². The summed E-state index contributed by atoms with van der Waals surface area (Å²) in [6.07, 6.45) is 4.19. The molecule has 100 valence electrons. The van der Waals surface area contributed by atoms with Crippen LogP contribution in [-0.4, -0.2) is 15.8 Å². The minimum atomic E-state index is -0.372. The zero-order chi connectivity index (χ0) is 14.1. The Kier molecular flexibility index (Phi) is 3.24. The Labute approximate surface area is 119 Å². The molecule has 20 heavy (non-hydrogen) atoms. The summed E-state index contributed by atoms with van der Waals surface area (Å²) in [5.41, 5.74) is 2.05. The van der Waals surface area contributed by atoms with E-state index in [-0.39, 0.29) is 5.82 Å². The highest BCUT2D eigenvalue weighted by Gasteiger charge is 2.10. The van der Waals surface area contributed by atoms with Crippen LogP contribution in [0.1, 0.15) is 15.9 Å². The van der Waals surface area contributed by atoms with Crippen LogP contribution in [-0.2, 0) is 6.54 Å². The molecular formula is C15H10ClFN2O. The van der Waals surface area contributed by atoms with Crippen LogP contribution < -0.4 is 0 Å². The minimum absolute atomic E-state index is 0.357. The van der Waals surface area contributed by atoms with Crippen molar-refractivity contribution in [2.24, 2.45) is 0 Å². The maximum Gasteiger partial charge on any atom is 0.152 e. The summed E-state index contributed by atoms with van der Waals surface area (Å²) < 4.78 is 14.9. The Morgan fingerprint density at radius 1 is 1.35 bits per heavy atom. The third kappa shape index (κ3) is 2.18. The number of carbonyl (C=O) groups is 1. The fourth-order valence-electron chi connectivity index (χ4n) is 2.20. The summed E-state index contributed by atoms with van der Waals surface area (Å²) in [6, 6.07) is 7.89. The van der Waals surface area contributed by atoms with Crippen LogP contribution in [0.4, 0.5) is 4.39 Å². The summed E-state index contributed by atoms with van der Waals surface area (Å²) in [4.78, 5) is 15.4. The number of nitrogens with zero attached hydrogens (tertiary/aromatic N) is 2. The molecule has 0 fully saturated rings. The number of rotatable bonds is 3. The lowest BCUT2D eigenvalue weighted by atomic mass is 10.2. The van der Waals surface area contributed by atoms with E-state index in [1.807, 2.05) is 10.6 Å². The summed E-state index contributed by atoms with van der Waals surface area (Å²) in [7, 11) is 0. The van der Waals surface area contributed by atoms with Crippen molar-refractivity contribution in [1.29, 1.82) is 0 Å². The van der Waals surface area contributed by atoms with Gasteiger partial charge >= 0.3 is 0 Å². The summed E-state index contributed by atoms with van der Waals surface area (Å²) in [5.74, 6) is -0.372. The van der Waals surface area contributed by atoms with Crippen molar-refractivity contribution in [3.8, 4) is 0 Å². The first-order valence-electron chi connectivity index (χ1n) is 6.02. The third-order valence-electron chi connectivity index (χ3n) is 3.15. The van der Waals surface area contributed by atoms with Crippen LogP contribution in [0.25, 0.3) is 11.0 Å². The summed E-state index contributed by atoms with van der Waals surface area (Å²) >= 11 is 6.03. The van der Waals surface area contributed by atoms with Gasteiger partial charge in [-0.1, -0.05) is 17.7 Å². The molecule has 0 amide bonds. The number of fused-ring (bicyclic) bond motifs is 1. The Hall–Kier alpha value is -2.20. The van der Waals surface area contributed by atoms with Gasteiger partial charge in [-0.25, -0.2) is 9.37 Å². The van der Waals surface area contributed by atoms with Gasteiger partial charge in [0.15, 0.2) is 6.29 Å². The molecule has 1 aromatic carbocycles. The van der Waals surface area contributed by atoms with E-state index < -0.39 is 0 Å². The lowest BCUT2D eigenvalue weighted by molar-refractivity contribution is 0.112.